The fourth-order valence-corrected chi connectivity index (χ4v) is 3.57. The Hall–Kier alpha value is -3.65. The lowest BCUT2D eigenvalue weighted by molar-refractivity contribution is -0.121. The molecule has 3 aromatic carbocycles. The van der Waals surface area contributed by atoms with E-state index in [-0.39, 0.29) is 24.0 Å². The fourth-order valence-electron chi connectivity index (χ4n) is 3.11. The third kappa shape index (κ3) is 6.92. The average Bonchev–Trinajstić information content (AvgIpc) is 2.83. The molecule has 1 atom stereocenters. The summed E-state index contributed by atoms with van der Waals surface area (Å²) >= 11 is 3.27. The molecule has 0 aromatic heterocycles. The highest BCUT2D eigenvalue weighted by Gasteiger charge is 2.19. The average molecular weight is 510 g/mol. The van der Waals surface area contributed by atoms with Gasteiger partial charge in [-0.15, -0.1) is 0 Å². The Bertz CT molecular complexity index is 1120. The quantitative estimate of drug-likeness (QED) is 0.290. The minimum atomic E-state index is -0.526. The van der Waals surface area contributed by atoms with Crippen molar-refractivity contribution in [3.8, 4) is 11.5 Å². The largest absolute Gasteiger partial charge is 0.503 e. The van der Waals surface area contributed by atoms with Gasteiger partial charge in [0.05, 0.1) is 29.8 Å². The van der Waals surface area contributed by atoms with E-state index < -0.39 is 6.04 Å². The number of hydrogen-bond donors (Lipinski definition) is 3. The van der Waals surface area contributed by atoms with Crippen molar-refractivity contribution < 1.29 is 19.4 Å². The lowest BCUT2D eigenvalue weighted by atomic mass is 10.0. The first-order chi connectivity index (χ1) is 16.0. The summed E-state index contributed by atoms with van der Waals surface area (Å²) in [5.74, 6) is -0.320. The van der Waals surface area contributed by atoms with Gasteiger partial charge in [0.2, 0.25) is 5.91 Å². The van der Waals surface area contributed by atoms with Gasteiger partial charge in [0.1, 0.15) is 0 Å². The second kappa shape index (κ2) is 11.8. The second-order valence-corrected chi connectivity index (χ2v) is 7.94. The van der Waals surface area contributed by atoms with Crippen molar-refractivity contribution in [2.45, 2.75) is 19.4 Å². The van der Waals surface area contributed by atoms with E-state index in [2.05, 4.69) is 31.8 Å². The minimum absolute atomic E-state index is 0.00195. The molecule has 8 heteroatoms. The maximum absolute atomic E-state index is 12.6. The molecule has 0 radical (unpaired) electrons. The monoisotopic (exact) mass is 509 g/mol. The highest BCUT2D eigenvalue weighted by Crippen LogP contribution is 2.35. The summed E-state index contributed by atoms with van der Waals surface area (Å²) in [7, 11) is 0. The highest BCUT2D eigenvalue weighted by molar-refractivity contribution is 9.10. The number of carbonyl (C=O) groups excluding carboxylic acids is 2. The van der Waals surface area contributed by atoms with Gasteiger partial charge in [0, 0.05) is 5.56 Å². The Morgan fingerprint density at radius 2 is 1.76 bits per heavy atom. The molecule has 0 fully saturated rings. The van der Waals surface area contributed by atoms with Crippen molar-refractivity contribution in [2.24, 2.45) is 5.10 Å². The number of rotatable bonds is 9. The normalized spacial score (nSPS) is 11.7. The SMILES string of the molecule is CCOc1cc(/C=N\NC(=O)C[C@@H](NC(=O)c2ccccc2)c2ccccc2)cc(Br)c1O. The van der Waals surface area contributed by atoms with Crippen LogP contribution in [-0.4, -0.2) is 29.7 Å². The maximum Gasteiger partial charge on any atom is 0.251 e. The Morgan fingerprint density at radius 1 is 1.09 bits per heavy atom. The maximum atomic E-state index is 12.6. The molecule has 0 aliphatic heterocycles. The van der Waals surface area contributed by atoms with Crippen LogP contribution in [0.5, 0.6) is 11.5 Å². The smallest absolute Gasteiger partial charge is 0.251 e. The first-order valence-corrected chi connectivity index (χ1v) is 11.1. The summed E-state index contributed by atoms with van der Waals surface area (Å²) in [4.78, 5) is 25.2. The molecule has 0 aliphatic rings. The van der Waals surface area contributed by atoms with Gasteiger partial charge in [0.25, 0.3) is 5.91 Å². The zero-order valence-corrected chi connectivity index (χ0v) is 19.6. The van der Waals surface area contributed by atoms with Crippen LogP contribution in [0.3, 0.4) is 0 Å². The zero-order valence-electron chi connectivity index (χ0n) is 18.0. The molecule has 3 aromatic rings. The van der Waals surface area contributed by atoms with Crippen LogP contribution in [-0.2, 0) is 4.79 Å². The van der Waals surface area contributed by atoms with Crippen LogP contribution in [0.4, 0.5) is 0 Å². The molecule has 7 nitrogen and oxygen atoms in total. The first kappa shape index (κ1) is 24.0. The van der Waals surface area contributed by atoms with E-state index >= 15 is 0 Å². The van der Waals surface area contributed by atoms with Gasteiger partial charge in [-0.3, -0.25) is 9.59 Å². The van der Waals surface area contributed by atoms with Gasteiger partial charge in [0.15, 0.2) is 11.5 Å². The van der Waals surface area contributed by atoms with Gasteiger partial charge in [-0.05, 0) is 58.2 Å². The number of phenolic OH excluding ortho intramolecular Hbond substituents is 1. The van der Waals surface area contributed by atoms with Gasteiger partial charge in [-0.2, -0.15) is 5.10 Å². The second-order valence-electron chi connectivity index (χ2n) is 7.08. The number of carbonyl (C=O) groups is 2. The number of nitrogens with zero attached hydrogens (tertiary/aromatic N) is 1. The number of aromatic hydroxyl groups is 1. The summed E-state index contributed by atoms with van der Waals surface area (Å²) in [5.41, 5.74) is 4.44. The number of hydrogen-bond acceptors (Lipinski definition) is 5. The first-order valence-electron chi connectivity index (χ1n) is 10.4. The van der Waals surface area contributed by atoms with E-state index in [0.717, 1.165) is 5.56 Å². The van der Waals surface area contributed by atoms with Crippen LogP contribution >= 0.6 is 15.9 Å². The number of nitrogens with one attached hydrogen (secondary N) is 2. The van der Waals surface area contributed by atoms with Crippen molar-refractivity contribution in [3.05, 3.63) is 94.0 Å². The van der Waals surface area contributed by atoms with Crippen LogP contribution in [0.15, 0.2) is 82.4 Å². The van der Waals surface area contributed by atoms with Crippen LogP contribution < -0.4 is 15.5 Å². The molecule has 0 aliphatic carbocycles. The minimum Gasteiger partial charge on any atom is -0.503 e. The molecule has 3 rings (SSSR count). The number of hydrazone groups is 1. The number of amides is 2. The lowest BCUT2D eigenvalue weighted by Gasteiger charge is -2.18. The summed E-state index contributed by atoms with van der Waals surface area (Å²) in [6.07, 6.45) is 1.45. The fraction of sp³-hybridized carbons (Fsp3) is 0.160. The van der Waals surface area contributed by atoms with E-state index in [4.69, 9.17) is 4.74 Å². The summed E-state index contributed by atoms with van der Waals surface area (Å²) in [5, 5.41) is 16.9. The van der Waals surface area contributed by atoms with Crippen LogP contribution in [0.25, 0.3) is 0 Å². The van der Waals surface area contributed by atoms with Crippen LogP contribution in [0.1, 0.15) is 40.9 Å². The van der Waals surface area contributed by atoms with Crippen LogP contribution in [0.2, 0.25) is 0 Å². The van der Waals surface area contributed by atoms with E-state index in [0.29, 0.717) is 28.0 Å². The van der Waals surface area contributed by atoms with E-state index in [1.165, 1.54) is 6.21 Å². The van der Waals surface area contributed by atoms with E-state index in [1.807, 2.05) is 43.3 Å². The van der Waals surface area contributed by atoms with Crippen LogP contribution in [0, 0.1) is 0 Å². The summed E-state index contributed by atoms with van der Waals surface area (Å²) < 4.78 is 5.84. The van der Waals surface area contributed by atoms with E-state index in [9.17, 15) is 14.7 Å². The molecule has 33 heavy (non-hydrogen) atoms. The molecule has 170 valence electrons. The van der Waals surface area contributed by atoms with Gasteiger partial charge >= 0.3 is 0 Å². The predicted octanol–water partition coefficient (Wildman–Crippen LogP) is 4.56. The Balaban J connectivity index is 1.68. The van der Waals surface area contributed by atoms with E-state index in [1.54, 1.807) is 36.4 Å². The summed E-state index contributed by atoms with van der Waals surface area (Å²) in [6.45, 7) is 2.21. The van der Waals surface area contributed by atoms with Crippen molar-refractivity contribution in [1.82, 2.24) is 10.7 Å². The Kier molecular flexibility index (Phi) is 8.60. The summed E-state index contributed by atoms with van der Waals surface area (Å²) in [6, 6.07) is 20.9. The molecule has 0 heterocycles. The molecule has 0 unspecified atom stereocenters. The Morgan fingerprint density at radius 3 is 2.42 bits per heavy atom. The van der Waals surface area contributed by atoms with Crippen molar-refractivity contribution in [2.75, 3.05) is 6.61 Å². The number of phenols is 1. The topological polar surface area (TPSA) is 100 Å². The van der Waals surface area contributed by atoms with Crippen molar-refractivity contribution >= 4 is 34.0 Å². The number of benzene rings is 3. The molecule has 0 saturated heterocycles. The van der Waals surface area contributed by atoms with Crippen molar-refractivity contribution in [3.63, 3.8) is 0 Å². The number of halogens is 1. The van der Waals surface area contributed by atoms with Gasteiger partial charge in [-0.1, -0.05) is 48.5 Å². The lowest BCUT2D eigenvalue weighted by Crippen LogP contribution is -2.32. The van der Waals surface area contributed by atoms with Gasteiger partial charge in [-0.25, -0.2) is 5.43 Å². The third-order valence-corrected chi connectivity index (χ3v) is 5.29. The molecule has 0 bridgehead atoms. The molecular formula is C25H24BrN3O4. The molecule has 0 saturated carbocycles. The highest BCUT2D eigenvalue weighted by atomic mass is 79.9. The van der Waals surface area contributed by atoms with Crippen molar-refractivity contribution in [1.29, 1.82) is 0 Å². The third-order valence-electron chi connectivity index (χ3n) is 4.69. The Labute approximate surface area is 200 Å². The zero-order chi connectivity index (χ0) is 23.6. The predicted molar refractivity (Wildman–Crippen MR) is 130 cm³/mol. The standard InChI is InChI=1S/C25H24BrN3O4/c1-2-33-22-14-17(13-20(26)24(22)31)16-27-29-23(30)15-21(18-9-5-3-6-10-18)28-25(32)19-11-7-4-8-12-19/h3-14,16,21,31H,2,15H2,1H3,(H,28,32)(H,29,30)/b27-16-/t21-/m1/s1. The molecule has 2 amide bonds. The molecule has 3 N–H and O–H groups in total. The molecular weight excluding hydrogens is 486 g/mol. The molecule has 0 spiro atoms. The number of ether oxygens (including phenoxy) is 1. The van der Waals surface area contributed by atoms with Gasteiger partial charge < -0.3 is 15.2 Å².